The van der Waals surface area contributed by atoms with Crippen molar-refractivity contribution in [1.82, 2.24) is 20.2 Å². The van der Waals surface area contributed by atoms with Gasteiger partial charge in [0.2, 0.25) is 11.8 Å². The summed E-state index contributed by atoms with van der Waals surface area (Å²) in [5.41, 5.74) is 9.18. The first kappa shape index (κ1) is 27.0. The highest BCUT2D eigenvalue weighted by Gasteiger charge is 2.23. The summed E-state index contributed by atoms with van der Waals surface area (Å²) in [5.74, 6) is 1.38. The van der Waals surface area contributed by atoms with Crippen LogP contribution in [0.3, 0.4) is 0 Å². The summed E-state index contributed by atoms with van der Waals surface area (Å²) in [6, 6.07) is 15.5. The van der Waals surface area contributed by atoms with E-state index in [1.54, 1.807) is 12.5 Å². The van der Waals surface area contributed by atoms with Gasteiger partial charge in [0.1, 0.15) is 5.82 Å². The maximum absolute atomic E-state index is 11.6. The number of hydrogen-bond acceptors (Lipinski definition) is 9. The summed E-state index contributed by atoms with van der Waals surface area (Å²) in [4.78, 5) is 9.34. The average molecular weight is 509 g/mol. The van der Waals surface area contributed by atoms with Crippen LogP contribution in [-0.2, 0) is 22.6 Å². The minimum absolute atomic E-state index is 0.236. The third kappa shape index (κ3) is 7.19. The second kappa shape index (κ2) is 11.9. The van der Waals surface area contributed by atoms with Crippen LogP contribution in [0.15, 0.2) is 64.0 Å². The monoisotopic (exact) mass is 508 g/mol. The van der Waals surface area contributed by atoms with Crippen LogP contribution < -0.4 is 11.1 Å². The Hall–Kier alpha value is -3.63. The summed E-state index contributed by atoms with van der Waals surface area (Å²) >= 11 is 0. The average Bonchev–Trinajstić information content (AvgIpc) is 3.31. The Balaban J connectivity index is 0.000000338. The smallest absolute Gasteiger partial charge is 0.253 e. The van der Waals surface area contributed by atoms with Gasteiger partial charge < -0.3 is 20.6 Å². The van der Waals surface area contributed by atoms with Crippen molar-refractivity contribution in [3.05, 3.63) is 71.7 Å². The molecule has 9 nitrogen and oxygen atoms in total. The van der Waals surface area contributed by atoms with Gasteiger partial charge in [-0.2, -0.15) is 4.98 Å². The summed E-state index contributed by atoms with van der Waals surface area (Å²) in [5, 5.41) is 19.7. The Kier molecular flexibility index (Phi) is 8.89. The molecule has 0 aliphatic rings. The summed E-state index contributed by atoms with van der Waals surface area (Å²) < 4.78 is 17.3. The topological polar surface area (TPSA) is 140 Å². The molecule has 1 unspecified atom stereocenters. The normalized spacial score (nSPS) is 11.9. The number of benzene rings is 2. The van der Waals surface area contributed by atoms with E-state index in [0.29, 0.717) is 17.4 Å². The molecule has 0 fully saturated rings. The van der Waals surface area contributed by atoms with Crippen molar-refractivity contribution in [2.75, 3.05) is 23.9 Å². The molecule has 0 radical (unpaired) electrons. The van der Waals surface area contributed by atoms with Gasteiger partial charge in [-0.25, -0.2) is 4.98 Å². The van der Waals surface area contributed by atoms with Gasteiger partial charge in [-0.3, -0.25) is 4.21 Å². The Labute approximate surface area is 213 Å². The molecule has 2 heterocycles. The second-order valence-corrected chi connectivity index (χ2v) is 10.5. The van der Waals surface area contributed by atoms with E-state index in [0.717, 1.165) is 22.6 Å². The molecule has 0 bridgehead atoms. The van der Waals surface area contributed by atoms with E-state index in [2.05, 4.69) is 25.5 Å². The molecular weight excluding hydrogens is 476 g/mol. The van der Waals surface area contributed by atoms with Gasteiger partial charge in [-0.05, 0) is 42.7 Å². The Morgan fingerprint density at radius 2 is 1.83 bits per heavy atom. The van der Waals surface area contributed by atoms with Crippen LogP contribution in [0, 0.1) is 6.92 Å². The molecular formula is C26H32N6O3S. The van der Waals surface area contributed by atoms with Crippen LogP contribution in [0.2, 0.25) is 0 Å². The predicted molar refractivity (Wildman–Crippen MR) is 142 cm³/mol. The molecule has 190 valence electrons. The first-order valence-corrected chi connectivity index (χ1v) is 13.0. The minimum atomic E-state index is -1.03. The number of aryl methyl sites for hydroxylation is 1. The largest absolute Gasteiger partial charge is 0.420 e. The van der Waals surface area contributed by atoms with Crippen molar-refractivity contribution in [1.29, 1.82) is 0 Å². The molecule has 0 amide bonds. The Morgan fingerprint density at radius 1 is 1.11 bits per heavy atom. The number of nitrogens with one attached hydrogen (secondary N) is 1. The molecule has 36 heavy (non-hydrogen) atoms. The lowest BCUT2D eigenvalue weighted by atomic mass is 9.97. The summed E-state index contributed by atoms with van der Waals surface area (Å²) in [6.07, 6.45) is 3.97. The number of nitrogens with two attached hydrogens (primary N) is 1. The molecule has 10 heteroatoms. The molecule has 0 aliphatic carbocycles. The molecule has 0 saturated heterocycles. The van der Waals surface area contributed by atoms with Crippen molar-refractivity contribution in [3.63, 3.8) is 0 Å². The highest BCUT2D eigenvalue weighted by atomic mass is 32.2. The maximum atomic E-state index is 11.6. The van der Waals surface area contributed by atoms with Crippen LogP contribution in [0.1, 0.15) is 37.8 Å². The number of nitrogen functional groups attached to an aromatic ring is 1. The fourth-order valence-corrected chi connectivity index (χ4v) is 3.98. The molecule has 4 aromatic rings. The number of rotatable bonds is 6. The van der Waals surface area contributed by atoms with Gasteiger partial charge in [0, 0.05) is 35.1 Å². The van der Waals surface area contributed by atoms with Gasteiger partial charge in [-0.1, -0.05) is 51.1 Å². The zero-order valence-electron chi connectivity index (χ0n) is 21.1. The first-order chi connectivity index (χ1) is 17.1. The van der Waals surface area contributed by atoms with E-state index in [1.165, 1.54) is 5.56 Å². The van der Waals surface area contributed by atoms with Crippen LogP contribution in [0.4, 0.5) is 17.5 Å². The van der Waals surface area contributed by atoms with Crippen LogP contribution >= 0.6 is 0 Å². The Morgan fingerprint density at radius 3 is 2.39 bits per heavy atom. The lowest BCUT2D eigenvalue weighted by Crippen LogP contribution is -2.11. The third-order valence-corrected chi connectivity index (χ3v) is 6.18. The number of anilines is 3. The number of aromatic nitrogens is 4. The molecule has 4 rings (SSSR count). The van der Waals surface area contributed by atoms with Crippen molar-refractivity contribution < 1.29 is 13.7 Å². The van der Waals surface area contributed by atoms with E-state index in [-0.39, 0.29) is 23.7 Å². The van der Waals surface area contributed by atoms with Gasteiger partial charge >= 0.3 is 0 Å². The number of hydrogen-bond donors (Lipinski definition) is 3. The van der Waals surface area contributed by atoms with Crippen molar-refractivity contribution in [2.45, 2.75) is 44.4 Å². The van der Waals surface area contributed by atoms with Crippen LogP contribution in [0.5, 0.6) is 0 Å². The molecule has 2 aromatic heterocycles. The number of nitrogens with zero attached hydrogens (tertiary/aromatic N) is 4. The van der Waals surface area contributed by atoms with Gasteiger partial charge in [0.15, 0.2) is 0 Å². The van der Waals surface area contributed by atoms with Crippen molar-refractivity contribution >= 4 is 28.3 Å². The highest BCUT2D eigenvalue weighted by molar-refractivity contribution is 7.84. The predicted octanol–water partition coefficient (Wildman–Crippen LogP) is 4.42. The number of aliphatic hydroxyl groups is 1. The molecule has 0 spiro atoms. The SMILES string of the molecule is Cc1cc(Nc2ncc(-c3nnc(C(C)(C)C)o3)c(N)n2)ccc1S(C)=O.OCCc1ccccc1. The van der Waals surface area contributed by atoms with Crippen LogP contribution in [-0.4, -0.2) is 42.3 Å². The standard InChI is InChI=1S/C18H22N6O2S.C8H10O/c1-10-8-11(6-7-13(10)27(5)25)21-17-20-9-12(14(19)22-17)15-23-24-16(26-15)18(2,3)4;9-7-6-8-4-2-1-3-5-8/h6-9H,1-5H3,(H3,19,20,21,22);1-5,9H,6-7H2. The fourth-order valence-electron chi connectivity index (χ4n) is 3.21. The van der Waals surface area contributed by atoms with E-state index in [1.807, 2.05) is 76.2 Å². The molecule has 2 aromatic carbocycles. The first-order valence-electron chi connectivity index (χ1n) is 11.4. The van der Waals surface area contributed by atoms with E-state index < -0.39 is 10.8 Å². The second-order valence-electron chi connectivity index (χ2n) is 9.17. The summed E-state index contributed by atoms with van der Waals surface area (Å²) in [6.45, 7) is 8.10. The fraction of sp³-hybridized carbons (Fsp3) is 0.308. The quantitative estimate of drug-likeness (QED) is 0.345. The number of aliphatic hydroxyl groups excluding tert-OH is 1. The van der Waals surface area contributed by atoms with Crippen molar-refractivity contribution in [2.24, 2.45) is 0 Å². The zero-order chi connectivity index (χ0) is 26.3. The summed E-state index contributed by atoms with van der Waals surface area (Å²) in [7, 11) is -1.03. The third-order valence-electron chi connectivity index (χ3n) is 5.10. The minimum Gasteiger partial charge on any atom is -0.420 e. The van der Waals surface area contributed by atoms with Crippen LogP contribution in [0.25, 0.3) is 11.5 Å². The molecule has 0 saturated carbocycles. The molecule has 0 aliphatic heterocycles. The lowest BCUT2D eigenvalue weighted by Gasteiger charge is -2.11. The lowest BCUT2D eigenvalue weighted by molar-refractivity contribution is 0.299. The molecule has 1 atom stereocenters. The van der Waals surface area contributed by atoms with Gasteiger partial charge in [-0.15, -0.1) is 10.2 Å². The molecule has 4 N–H and O–H groups in total. The van der Waals surface area contributed by atoms with E-state index in [9.17, 15) is 4.21 Å². The Bertz CT molecular complexity index is 1320. The van der Waals surface area contributed by atoms with E-state index in [4.69, 9.17) is 15.3 Å². The van der Waals surface area contributed by atoms with Crippen molar-refractivity contribution in [3.8, 4) is 11.5 Å². The maximum Gasteiger partial charge on any atom is 0.253 e. The van der Waals surface area contributed by atoms with Gasteiger partial charge in [0.05, 0.1) is 16.4 Å². The highest BCUT2D eigenvalue weighted by Crippen LogP contribution is 2.28. The zero-order valence-corrected chi connectivity index (χ0v) is 22.0. The van der Waals surface area contributed by atoms with Gasteiger partial charge in [0.25, 0.3) is 5.89 Å². The van der Waals surface area contributed by atoms with E-state index >= 15 is 0 Å².